The van der Waals surface area contributed by atoms with Crippen LogP contribution in [0.15, 0.2) is 17.5 Å². The van der Waals surface area contributed by atoms with Crippen LogP contribution in [0, 0.1) is 5.92 Å². The molecule has 3 rings (SSSR count). The summed E-state index contributed by atoms with van der Waals surface area (Å²) >= 11 is 1.70. The number of rotatable bonds is 3. The van der Waals surface area contributed by atoms with Crippen LogP contribution in [-0.2, 0) is 4.79 Å². The monoisotopic (exact) mass is 250 g/mol. The van der Waals surface area contributed by atoms with E-state index >= 15 is 0 Å². The summed E-state index contributed by atoms with van der Waals surface area (Å²) in [7, 11) is 0. The number of thiophene rings is 1. The van der Waals surface area contributed by atoms with Gasteiger partial charge in [0.25, 0.3) is 0 Å². The van der Waals surface area contributed by atoms with Gasteiger partial charge in [-0.2, -0.15) is 0 Å². The van der Waals surface area contributed by atoms with Gasteiger partial charge in [0.2, 0.25) is 5.91 Å². The summed E-state index contributed by atoms with van der Waals surface area (Å²) in [6.07, 6.45) is 3.43. The van der Waals surface area contributed by atoms with Crippen molar-refractivity contribution in [2.45, 2.75) is 44.3 Å². The van der Waals surface area contributed by atoms with Crippen LogP contribution in [0.4, 0.5) is 0 Å². The maximum Gasteiger partial charge on any atom is 0.225 e. The molecule has 3 unspecified atom stereocenters. The molecule has 2 N–H and O–H groups in total. The number of hydrogen-bond donors (Lipinski definition) is 2. The van der Waals surface area contributed by atoms with Gasteiger partial charge in [-0.25, -0.2) is 0 Å². The molecule has 92 valence electrons. The van der Waals surface area contributed by atoms with Gasteiger partial charge in [-0.1, -0.05) is 6.07 Å². The Labute approximate surface area is 106 Å². The van der Waals surface area contributed by atoms with E-state index in [1.54, 1.807) is 11.3 Å². The Morgan fingerprint density at radius 2 is 2.47 bits per heavy atom. The van der Waals surface area contributed by atoms with Crippen molar-refractivity contribution in [3.05, 3.63) is 22.4 Å². The summed E-state index contributed by atoms with van der Waals surface area (Å²) in [4.78, 5) is 13.4. The van der Waals surface area contributed by atoms with Crippen molar-refractivity contribution in [3.63, 3.8) is 0 Å². The van der Waals surface area contributed by atoms with E-state index in [9.17, 15) is 4.79 Å². The first-order valence-electron chi connectivity index (χ1n) is 6.34. The van der Waals surface area contributed by atoms with E-state index in [4.69, 9.17) is 0 Å². The molecule has 4 atom stereocenters. The molecule has 1 aromatic rings. The lowest BCUT2D eigenvalue weighted by Crippen LogP contribution is -2.38. The van der Waals surface area contributed by atoms with E-state index in [0.717, 1.165) is 12.8 Å². The Hall–Kier alpha value is -0.870. The maximum absolute atomic E-state index is 12.2. The second kappa shape index (κ2) is 4.42. The summed E-state index contributed by atoms with van der Waals surface area (Å²) < 4.78 is 0. The average Bonchev–Trinajstić information content (AvgIpc) is 3.05. The molecule has 0 radical (unpaired) electrons. The van der Waals surface area contributed by atoms with Crippen molar-refractivity contribution in [2.75, 3.05) is 0 Å². The first-order valence-corrected chi connectivity index (χ1v) is 7.22. The number of amides is 1. The Kier molecular flexibility index (Phi) is 2.92. The van der Waals surface area contributed by atoms with E-state index < -0.39 is 0 Å². The lowest BCUT2D eigenvalue weighted by Gasteiger charge is -2.21. The number of nitrogens with one attached hydrogen (secondary N) is 2. The van der Waals surface area contributed by atoms with Gasteiger partial charge in [0.1, 0.15) is 0 Å². The van der Waals surface area contributed by atoms with Crippen LogP contribution in [0.1, 0.15) is 37.1 Å². The van der Waals surface area contributed by atoms with Crippen LogP contribution >= 0.6 is 11.3 Å². The first-order chi connectivity index (χ1) is 8.24. The Morgan fingerprint density at radius 3 is 3.06 bits per heavy atom. The molecule has 0 spiro atoms. The Morgan fingerprint density at radius 1 is 1.59 bits per heavy atom. The zero-order valence-electron chi connectivity index (χ0n) is 9.98. The SMILES string of the molecule is C[C@H](NC(=O)C1CC2CCC1N2)c1cccs1. The fourth-order valence-electron chi connectivity index (χ4n) is 3.04. The molecule has 3 heterocycles. The van der Waals surface area contributed by atoms with E-state index in [2.05, 4.69) is 29.0 Å². The van der Waals surface area contributed by atoms with Crippen molar-refractivity contribution in [1.82, 2.24) is 10.6 Å². The quantitative estimate of drug-likeness (QED) is 0.862. The minimum absolute atomic E-state index is 0.140. The molecule has 0 aliphatic carbocycles. The van der Waals surface area contributed by atoms with Crippen molar-refractivity contribution in [3.8, 4) is 0 Å². The van der Waals surface area contributed by atoms with Crippen LogP contribution in [0.5, 0.6) is 0 Å². The van der Waals surface area contributed by atoms with Crippen LogP contribution in [0.2, 0.25) is 0 Å². The minimum Gasteiger partial charge on any atom is -0.348 e. The molecule has 2 saturated heterocycles. The molecule has 2 bridgehead atoms. The predicted molar refractivity (Wildman–Crippen MR) is 68.9 cm³/mol. The van der Waals surface area contributed by atoms with Crippen LogP contribution < -0.4 is 10.6 Å². The maximum atomic E-state index is 12.2. The summed E-state index contributed by atoms with van der Waals surface area (Å²) in [6, 6.07) is 5.26. The molecule has 2 aliphatic heterocycles. The molecule has 3 nitrogen and oxygen atoms in total. The van der Waals surface area contributed by atoms with Crippen LogP contribution in [-0.4, -0.2) is 18.0 Å². The van der Waals surface area contributed by atoms with E-state index in [0.29, 0.717) is 12.1 Å². The summed E-state index contributed by atoms with van der Waals surface area (Å²) in [5, 5.41) is 8.70. The topological polar surface area (TPSA) is 41.1 Å². The molecule has 2 fully saturated rings. The summed E-state index contributed by atoms with van der Waals surface area (Å²) in [5.41, 5.74) is 0. The first kappa shape index (κ1) is 11.2. The lowest BCUT2D eigenvalue weighted by molar-refractivity contribution is -0.126. The van der Waals surface area contributed by atoms with E-state index in [1.165, 1.54) is 11.3 Å². The van der Waals surface area contributed by atoms with Gasteiger partial charge in [0, 0.05) is 17.0 Å². The number of carbonyl (C=O) groups is 1. The molecule has 2 aliphatic rings. The fourth-order valence-corrected chi connectivity index (χ4v) is 3.78. The summed E-state index contributed by atoms with van der Waals surface area (Å²) in [5.74, 6) is 0.418. The fraction of sp³-hybridized carbons (Fsp3) is 0.615. The van der Waals surface area contributed by atoms with Gasteiger partial charge >= 0.3 is 0 Å². The molecule has 4 heteroatoms. The Bertz CT molecular complexity index is 404. The normalized spacial score (nSPS) is 32.6. The molecular weight excluding hydrogens is 232 g/mol. The zero-order chi connectivity index (χ0) is 11.8. The van der Waals surface area contributed by atoms with Gasteiger partial charge in [0.05, 0.1) is 12.0 Å². The molecule has 1 amide bonds. The standard InChI is InChI=1S/C13H18N2OS/c1-8(12-3-2-6-17-12)14-13(16)10-7-9-4-5-11(10)15-9/h2-3,6,8-11,15H,4-5,7H2,1H3,(H,14,16)/t8-,9?,10?,11?/m0/s1. The van der Waals surface area contributed by atoms with Crippen molar-refractivity contribution in [2.24, 2.45) is 5.92 Å². The smallest absolute Gasteiger partial charge is 0.225 e. The second-order valence-corrected chi connectivity index (χ2v) is 6.11. The van der Waals surface area contributed by atoms with Gasteiger partial charge in [0.15, 0.2) is 0 Å². The molecule has 0 saturated carbocycles. The number of carbonyl (C=O) groups excluding carboxylic acids is 1. The van der Waals surface area contributed by atoms with Gasteiger partial charge in [-0.05, 0) is 37.6 Å². The number of hydrogen-bond acceptors (Lipinski definition) is 3. The molecule has 17 heavy (non-hydrogen) atoms. The van der Waals surface area contributed by atoms with Gasteiger partial charge < -0.3 is 10.6 Å². The van der Waals surface area contributed by atoms with E-state index in [1.807, 2.05) is 6.07 Å². The van der Waals surface area contributed by atoms with Gasteiger partial charge in [-0.15, -0.1) is 11.3 Å². The highest BCUT2D eigenvalue weighted by Gasteiger charge is 2.42. The lowest BCUT2D eigenvalue weighted by atomic mass is 9.88. The van der Waals surface area contributed by atoms with Crippen LogP contribution in [0.25, 0.3) is 0 Å². The van der Waals surface area contributed by atoms with Gasteiger partial charge in [-0.3, -0.25) is 4.79 Å². The van der Waals surface area contributed by atoms with Crippen LogP contribution in [0.3, 0.4) is 0 Å². The highest BCUT2D eigenvalue weighted by atomic mass is 32.1. The zero-order valence-corrected chi connectivity index (χ0v) is 10.8. The number of fused-ring (bicyclic) bond motifs is 2. The molecular formula is C13H18N2OS. The third-order valence-electron chi connectivity index (χ3n) is 3.97. The minimum atomic E-state index is 0.140. The molecule has 0 aromatic carbocycles. The molecule has 1 aromatic heterocycles. The highest BCUT2D eigenvalue weighted by Crippen LogP contribution is 2.33. The largest absolute Gasteiger partial charge is 0.348 e. The van der Waals surface area contributed by atoms with E-state index in [-0.39, 0.29) is 17.9 Å². The predicted octanol–water partition coefficient (Wildman–Crippen LogP) is 2.07. The third-order valence-corrected chi connectivity index (χ3v) is 5.02. The van der Waals surface area contributed by atoms with Crippen molar-refractivity contribution < 1.29 is 4.79 Å². The second-order valence-electron chi connectivity index (χ2n) is 5.14. The Balaban J connectivity index is 1.60. The third kappa shape index (κ3) is 2.11. The summed E-state index contributed by atoms with van der Waals surface area (Å²) in [6.45, 7) is 2.06. The van der Waals surface area contributed by atoms with Crippen molar-refractivity contribution >= 4 is 17.2 Å². The van der Waals surface area contributed by atoms with Crippen molar-refractivity contribution in [1.29, 1.82) is 0 Å². The highest BCUT2D eigenvalue weighted by molar-refractivity contribution is 7.10. The average molecular weight is 250 g/mol.